The summed E-state index contributed by atoms with van der Waals surface area (Å²) < 4.78 is 27.6. The molecule has 1 fully saturated rings. The fraction of sp³-hybridized carbons (Fsp3) is 0.500. The van der Waals surface area contributed by atoms with Gasteiger partial charge in [-0.05, 0) is 63.1 Å². The van der Waals surface area contributed by atoms with Crippen LogP contribution in [-0.2, 0) is 27.7 Å². The molecule has 29 heavy (non-hydrogen) atoms. The van der Waals surface area contributed by atoms with E-state index in [1.807, 2.05) is 6.92 Å². The van der Waals surface area contributed by atoms with Gasteiger partial charge in [-0.15, -0.1) is 22.7 Å². The van der Waals surface area contributed by atoms with Gasteiger partial charge in [0, 0.05) is 22.8 Å². The van der Waals surface area contributed by atoms with Gasteiger partial charge in [0.25, 0.3) is 10.0 Å². The average Bonchev–Trinajstić information content (AvgIpc) is 3.31. The molecule has 9 heteroatoms. The Bertz CT molecular complexity index is 1080. The molecule has 3 heterocycles. The lowest BCUT2D eigenvalue weighted by Crippen LogP contribution is -2.43. The van der Waals surface area contributed by atoms with Crippen LogP contribution in [0, 0.1) is 24.2 Å². The van der Waals surface area contributed by atoms with Crippen LogP contribution >= 0.6 is 22.7 Å². The fourth-order valence-electron chi connectivity index (χ4n) is 4.04. The monoisotopic (exact) mass is 449 g/mol. The maximum atomic E-state index is 12.9. The standard InChI is InChI=1S/C20H23N3O3S3/c1-13-8-9-18(27-13)29(25,26)23-10-4-5-14(12-23)19(24)22-20-16(11-21)15-6-2-3-7-17(15)28-20/h8-9,14H,2-7,10,12H2,1H3,(H,22,24). The highest BCUT2D eigenvalue weighted by Crippen LogP contribution is 2.38. The van der Waals surface area contributed by atoms with E-state index in [0.29, 0.717) is 34.2 Å². The van der Waals surface area contributed by atoms with Gasteiger partial charge in [-0.3, -0.25) is 4.79 Å². The molecule has 0 bridgehead atoms. The van der Waals surface area contributed by atoms with Crippen LogP contribution in [-0.4, -0.2) is 31.7 Å². The lowest BCUT2D eigenvalue weighted by Gasteiger charge is -2.30. The van der Waals surface area contributed by atoms with Crippen molar-refractivity contribution in [2.24, 2.45) is 5.92 Å². The molecule has 0 saturated carbocycles. The SMILES string of the molecule is Cc1ccc(S(=O)(=O)N2CCCC(C(=O)Nc3sc4c(c3C#N)CCCC4)C2)s1. The quantitative estimate of drug-likeness (QED) is 0.766. The normalized spacial score (nSPS) is 20.1. The minimum atomic E-state index is -3.57. The van der Waals surface area contributed by atoms with Crippen molar-refractivity contribution >= 4 is 43.6 Å². The van der Waals surface area contributed by atoms with Crippen molar-refractivity contribution in [1.82, 2.24) is 4.31 Å². The van der Waals surface area contributed by atoms with Crippen molar-refractivity contribution in [3.63, 3.8) is 0 Å². The number of nitrogens with zero attached hydrogens (tertiary/aromatic N) is 2. The Kier molecular flexibility index (Phi) is 5.80. The number of anilines is 1. The first-order chi connectivity index (χ1) is 13.9. The van der Waals surface area contributed by atoms with E-state index < -0.39 is 15.9 Å². The summed E-state index contributed by atoms with van der Waals surface area (Å²) in [4.78, 5) is 15.1. The van der Waals surface area contributed by atoms with E-state index in [4.69, 9.17) is 0 Å². The first kappa shape index (κ1) is 20.5. The number of thiophene rings is 2. The van der Waals surface area contributed by atoms with Crippen molar-refractivity contribution in [3.05, 3.63) is 33.0 Å². The van der Waals surface area contributed by atoms with E-state index in [2.05, 4.69) is 11.4 Å². The zero-order valence-electron chi connectivity index (χ0n) is 16.2. The number of amides is 1. The number of piperidine rings is 1. The molecule has 1 amide bonds. The summed E-state index contributed by atoms with van der Waals surface area (Å²) in [6.07, 6.45) is 5.33. The van der Waals surface area contributed by atoms with E-state index >= 15 is 0 Å². The molecule has 1 aliphatic carbocycles. The van der Waals surface area contributed by atoms with E-state index in [9.17, 15) is 18.5 Å². The second-order valence-corrected chi connectivity index (χ2v) is 12.1. The Morgan fingerprint density at radius 3 is 2.76 bits per heavy atom. The van der Waals surface area contributed by atoms with Crippen LogP contribution in [0.2, 0.25) is 0 Å². The maximum Gasteiger partial charge on any atom is 0.252 e. The molecular formula is C20H23N3O3S3. The molecule has 0 radical (unpaired) electrons. The van der Waals surface area contributed by atoms with Gasteiger partial charge in [0.05, 0.1) is 11.5 Å². The summed E-state index contributed by atoms with van der Waals surface area (Å²) in [7, 11) is -3.57. The van der Waals surface area contributed by atoms with Crippen LogP contribution in [0.4, 0.5) is 5.00 Å². The van der Waals surface area contributed by atoms with Gasteiger partial charge in [-0.2, -0.15) is 9.57 Å². The number of nitriles is 1. The third-order valence-electron chi connectivity index (χ3n) is 5.58. The second kappa shape index (κ2) is 8.19. The zero-order chi connectivity index (χ0) is 20.6. The molecule has 2 aromatic heterocycles. The van der Waals surface area contributed by atoms with E-state index in [-0.39, 0.29) is 12.5 Å². The van der Waals surface area contributed by atoms with Gasteiger partial charge in [0.15, 0.2) is 0 Å². The first-order valence-corrected chi connectivity index (χ1v) is 12.9. The molecule has 1 atom stereocenters. The molecule has 4 rings (SSSR count). The number of rotatable bonds is 4. The van der Waals surface area contributed by atoms with E-state index in [1.54, 1.807) is 12.1 Å². The average molecular weight is 450 g/mol. The summed E-state index contributed by atoms with van der Waals surface area (Å²) in [6.45, 7) is 2.49. The van der Waals surface area contributed by atoms with Crippen LogP contribution < -0.4 is 5.32 Å². The molecule has 154 valence electrons. The Balaban J connectivity index is 1.50. The number of fused-ring (bicyclic) bond motifs is 1. The smallest absolute Gasteiger partial charge is 0.252 e. The highest BCUT2D eigenvalue weighted by atomic mass is 32.2. The summed E-state index contributed by atoms with van der Waals surface area (Å²) in [5.74, 6) is -0.604. The third kappa shape index (κ3) is 3.99. The lowest BCUT2D eigenvalue weighted by atomic mass is 9.96. The molecule has 1 unspecified atom stereocenters. The van der Waals surface area contributed by atoms with Crippen LogP contribution in [0.25, 0.3) is 0 Å². The molecule has 1 aliphatic heterocycles. The predicted molar refractivity (Wildman–Crippen MR) is 115 cm³/mol. The number of carbonyl (C=O) groups is 1. The van der Waals surface area contributed by atoms with E-state index in [0.717, 1.165) is 36.1 Å². The Labute approximate surface area is 179 Å². The summed E-state index contributed by atoms with van der Waals surface area (Å²) in [6, 6.07) is 5.69. The Hall–Kier alpha value is -1.73. The van der Waals surface area contributed by atoms with Gasteiger partial charge < -0.3 is 5.32 Å². The molecule has 2 aromatic rings. The largest absolute Gasteiger partial charge is 0.316 e. The van der Waals surface area contributed by atoms with Crippen molar-refractivity contribution in [3.8, 4) is 6.07 Å². The topological polar surface area (TPSA) is 90.3 Å². The number of aryl methyl sites for hydroxylation is 2. The number of carbonyl (C=O) groups excluding carboxylic acids is 1. The summed E-state index contributed by atoms with van der Waals surface area (Å²) >= 11 is 2.76. The van der Waals surface area contributed by atoms with Gasteiger partial charge in [-0.25, -0.2) is 8.42 Å². The van der Waals surface area contributed by atoms with Crippen molar-refractivity contribution in [1.29, 1.82) is 5.26 Å². The minimum absolute atomic E-state index is 0.179. The molecule has 0 spiro atoms. The van der Waals surface area contributed by atoms with Crippen LogP contribution in [0.3, 0.4) is 0 Å². The summed E-state index contributed by atoms with van der Waals surface area (Å²) in [5.41, 5.74) is 1.67. The number of hydrogen-bond donors (Lipinski definition) is 1. The number of sulfonamides is 1. The van der Waals surface area contributed by atoms with Gasteiger partial charge in [0.1, 0.15) is 15.3 Å². The lowest BCUT2D eigenvalue weighted by molar-refractivity contribution is -0.120. The third-order valence-corrected chi connectivity index (χ3v) is 10.1. The zero-order valence-corrected chi connectivity index (χ0v) is 18.7. The molecule has 6 nitrogen and oxygen atoms in total. The molecule has 1 N–H and O–H groups in total. The van der Waals surface area contributed by atoms with Gasteiger partial charge in [-0.1, -0.05) is 0 Å². The van der Waals surface area contributed by atoms with Crippen molar-refractivity contribution in [2.45, 2.75) is 49.7 Å². The van der Waals surface area contributed by atoms with Gasteiger partial charge >= 0.3 is 0 Å². The Morgan fingerprint density at radius 1 is 1.24 bits per heavy atom. The van der Waals surface area contributed by atoms with Crippen LogP contribution in [0.15, 0.2) is 16.3 Å². The van der Waals surface area contributed by atoms with Gasteiger partial charge in [0.2, 0.25) is 5.91 Å². The molecule has 1 saturated heterocycles. The molecular weight excluding hydrogens is 426 g/mol. The Morgan fingerprint density at radius 2 is 2.03 bits per heavy atom. The molecule has 2 aliphatic rings. The minimum Gasteiger partial charge on any atom is -0.316 e. The molecule has 0 aromatic carbocycles. The van der Waals surface area contributed by atoms with Crippen LogP contribution in [0.1, 0.15) is 46.6 Å². The fourth-order valence-corrected chi connectivity index (χ4v) is 8.24. The van der Waals surface area contributed by atoms with Crippen molar-refractivity contribution in [2.75, 3.05) is 18.4 Å². The van der Waals surface area contributed by atoms with Crippen molar-refractivity contribution < 1.29 is 13.2 Å². The highest BCUT2D eigenvalue weighted by Gasteiger charge is 2.34. The maximum absolute atomic E-state index is 12.9. The number of nitrogens with one attached hydrogen (secondary N) is 1. The first-order valence-electron chi connectivity index (χ1n) is 9.82. The van der Waals surface area contributed by atoms with Crippen LogP contribution in [0.5, 0.6) is 0 Å². The predicted octanol–water partition coefficient (Wildman–Crippen LogP) is 3.91. The van der Waals surface area contributed by atoms with E-state index in [1.165, 1.54) is 31.9 Å². The summed E-state index contributed by atoms with van der Waals surface area (Å²) in [5, 5.41) is 13.1. The second-order valence-electron chi connectivity index (χ2n) is 7.58. The number of hydrogen-bond acceptors (Lipinski definition) is 6. The highest BCUT2D eigenvalue weighted by molar-refractivity contribution is 7.91.